The molecule has 0 amide bonds. The Bertz CT molecular complexity index is 2280. The molecule has 0 unspecified atom stereocenters. The van der Waals surface area contributed by atoms with Crippen LogP contribution in [0.2, 0.25) is 0 Å². The molecule has 268 valence electrons. The Labute approximate surface area is 318 Å². The molecule has 0 bridgehead atoms. The number of ether oxygens (including phenoxy) is 2. The van der Waals surface area contributed by atoms with E-state index in [4.69, 9.17) is 19.5 Å². The van der Waals surface area contributed by atoms with Crippen molar-refractivity contribution in [2.24, 2.45) is 4.99 Å². The molecule has 5 aromatic rings. The quantitative estimate of drug-likeness (QED) is 0.170. The van der Waals surface area contributed by atoms with Crippen molar-refractivity contribution in [3.63, 3.8) is 0 Å². The third-order valence-electron chi connectivity index (χ3n) is 12.0. The fraction of sp³-hybridized carbons (Fsp3) is 0.467. The number of aromatic nitrogens is 2. The second-order valence-corrected chi connectivity index (χ2v) is 18.3. The van der Waals surface area contributed by atoms with Crippen molar-refractivity contribution in [2.75, 3.05) is 0 Å². The SMILES string of the molecule is Cc1cnc2c(c1)c1cc(C(C)(C)C)cc3c1n2-c1[c-]c(Oc2[c-]c(C4=N[C@@]5(C)CCCC[C@]5(C)O4)cc(C(C)(C)C)c2)c(C)cc1C3(C)C.[Pt+2]. The molecule has 0 spiro atoms. The van der Waals surface area contributed by atoms with E-state index in [0.717, 1.165) is 46.4 Å². The van der Waals surface area contributed by atoms with Gasteiger partial charge in [0.25, 0.3) is 0 Å². The van der Waals surface area contributed by atoms with Gasteiger partial charge in [-0.3, -0.25) is 4.99 Å². The van der Waals surface area contributed by atoms with Gasteiger partial charge >= 0.3 is 21.1 Å². The zero-order valence-corrected chi connectivity index (χ0v) is 34.6. The normalized spacial score (nSPS) is 22.2. The van der Waals surface area contributed by atoms with E-state index < -0.39 is 0 Å². The van der Waals surface area contributed by atoms with Crippen molar-refractivity contribution in [3.05, 3.63) is 93.7 Å². The van der Waals surface area contributed by atoms with Crippen LogP contribution in [0.4, 0.5) is 0 Å². The van der Waals surface area contributed by atoms with Crippen molar-refractivity contribution in [1.82, 2.24) is 9.55 Å². The maximum Gasteiger partial charge on any atom is 2.00 e. The van der Waals surface area contributed by atoms with Crippen molar-refractivity contribution in [1.29, 1.82) is 0 Å². The summed E-state index contributed by atoms with van der Waals surface area (Å²) in [6.45, 7) is 27.0. The first kappa shape index (κ1) is 35.9. The van der Waals surface area contributed by atoms with Crippen LogP contribution in [-0.2, 0) is 42.0 Å². The van der Waals surface area contributed by atoms with E-state index in [9.17, 15) is 0 Å². The van der Waals surface area contributed by atoms with Gasteiger partial charge in [0, 0.05) is 28.5 Å². The second kappa shape index (κ2) is 11.5. The van der Waals surface area contributed by atoms with Crippen molar-refractivity contribution in [2.45, 2.75) is 136 Å². The van der Waals surface area contributed by atoms with Gasteiger partial charge < -0.3 is 14.0 Å². The summed E-state index contributed by atoms with van der Waals surface area (Å²) in [6.07, 6.45) is 6.36. The summed E-state index contributed by atoms with van der Waals surface area (Å²) in [5, 5.41) is 2.41. The monoisotopic (exact) mass is 860 g/mol. The van der Waals surface area contributed by atoms with Gasteiger partial charge in [-0.2, -0.15) is 6.07 Å². The van der Waals surface area contributed by atoms with Crippen LogP contribution in [0, 0.1) is 26.0 Å². The van der Waals surface area contributed by atoms with Gasteiger partial charge in [-0.05, 0) is 85.1 Å². The molecule has 3 aliphatic rings. The van der Waals surface area contributed by atoms with E-state index in [1.807, 2.05) is 6.20 Å². The molecular formula is C45H51N3O2Pt. The Balaban J connectivity index is 0.00000406. The summed E-state index contributed by atoms with van der Waals surface area (Å²) in [4.78, 5) is 10.3. The molecule has 1 aliphatic carbocycles. The van der Waals surface area contributed by atoms with Crippen LogP contribution in [-0.4, -0.2) is 26.6 Å². The zero-order chi connectivity index (χ0) is 35.8. The molecule has 2 aliphatic heterocycles. The number of hydrogen-bond donors (Lipinski definition) is 0. The number of fused-ring (bicyclic) bond motifs is 6. The molecule has 2 aromatic heterocycles. The first-order valence-electron chi connectivity index (χ1n) is 18.4. The van der Waals surface area contributed by atoms with Crippen molar-refractivity contribution >= 4 is 27.8 Å². The van der Waals surface area contributed by atoms with Gasteiger partial charge in [0.1, 0.15) is 17.1 Å². The first-order chi connectivity index (χ1) is 23.3. The molecule has 0 N–H and O–H groups in total. The molecule has 4 heterocycles. The molecule has 1 saturated carbocycles. The van der Waals surface area contributed by atoms with E-state index in [1.54, 1.807) is 0 Å². The van der Waals surface area contributed by atoms with Crippen LogP contribution < -0.4 is 4.74 Å². The predicted octanol–water partition coefficient (Wildman–Crippen LogP) is 11.3. The smallest absolute Gasteiger partial charge is 0.512 e. The number of aliphatic imine (C=N–C) groups is 1. The second-order valence-electron chi connectivity index (χ2n) is 18.3. The molecule has 1 fully saturated rings. The minimum atomic E-state index is -0.301. The molecule has 0 saturated heterocycles. The topological polar surface area (TPSA) is 48.6 Å². The van der Waals surface area contributed by atoms with Gasteiger partial charge in [-0.15, -0.1) is 28.8 Å². The first-order valence-corrected chi connectivity index (χ1v) is 18.4. The summed E-state index contributed by atoms with van der Waals surface area (Å²) in [6, 6.07) is 21.1. The Morgan fingerprint density at radius 3 is 2.18 bits per heavy atom. The molecule has 6 heteroatoms. The van der Waals surface area contributed by atoms with Gasteiger partial charge in [-0.1, -0.05) is 98.2 Å². The largest absolute Gasteiger partial charge is 2.00 e. The molecule has 3 aromatic carbocycles. The minimum Gasteiger partial charge on any atom is -0.512 e. The van der Waals surface area contributed by atoms with Gasteiger partial charge in [0.2, 0.25) is 0 Å². The maximum absolute atomic E-state index is 6.85. The molecule has 8 rings (SSSR count). The van der Waals surface area contributed by atoms with Crippen molar-refractivity contribution < 1.29 is 30.5 Å². The predicted molar refractivity (Wildman–Crippen MR) is 205 cm³/mol. The van der Waals surface area contributed by atoms with E-state index in [-0.39, 0.29) is 48.5 Å². The van der Waals surface area contributed by atoms with Crippen molar-refractivity contribution in [3.8, 4) is 17.2 Å². The molecular weight excluding hydrogens is 810 g/mol. The van der Waals surface area contributed by atoms with Crippen LogP contribution >= 0.6 is 0 Å². The minimum absolute atomic E-state index is 0. The van der Waals surface area contributed by atoms with E-state index in [2.05, 4.69) is 136 Å². The average molecular weight is 861 g/mol. The fourth-order valence-electron chi connectivity index (χ4n) is 8.41. The summed E-state index contributed by atoms with van der Waals surface area (Å²) in [5.41, 5.74) is 10.3. The summed E-state index contributed by atoms with van der Waals surface area (Å²) >= 11 is 0. The molecule has 5 nitrogen and oxygen atoms in total. The maximum atomic E-state index is 6.85. The number of hydrogen-bond acceptors (Lipinski definition) is 4. The van der Waals surface area contributed by atoms with Crippen LogP contribution in [0.3, 0.4) is 0 Å². The average Bonchev–Trinajstić information content (AvgIpc) is 3.50. The zero-order valence-electron chi connectivity index (χ0n) is 32.3. The van der Waals surface area contributed by atoms with E-state index in [1.165, 1.54) is 45.8 Å². The van der Waals surface area contributed by atoms with Crippen LogP contribution in [0.5, 0.6) is 11.5 Å². The fourth-order valence-corrected chi connectivity index (χ4v) is 8.41. The van der Waals surface area contributed by atoms with Crippen LogP contribution in [0.1, 0.15) is 134 Å². The Kier molecular flexibility index (Phi) is 8.13. The number of nitrogens with zero attached hydrogens (tertiary/aromatic N) is 3. The van der Waals surface area contributed by atoms with Gasteiger partial charge in [0.05, 0.1) is 11.1 Å². The summed E-state index contributed by atoms with van der Waals surface area (Å²) in [5.74, 6) is 2.01. The molecule has 51 heavy (non-hydrogen) atoms. The molecule has 0 radical (unpaired) electrons. The summed E-state index contributed by atoms with van der Waals surface area (Å²) < 4.78 is 15.9. The standard InChI is InChI=1S/C45H51N3O2.Pt/c1-26-17-33-32-22-30(42(6,7)8)23-35-38(32)48(39(33)46-25-26)36-24-37(27(2)18-34(36)43(35,9)10)49-31-20-28(19-29(21-31)41(3,4)5)40-47-44(11)15-13-14-16-45(44,12)50-40;/h17-19,21-23,25H,13-16H2,1-12H3;/q-2;+2/t44-,45-;/m0./s1. The van der Waals surface area contributed by atoms with Crippen LogP contribution in [0.15, 0.2) is 47.6 Å². The number of aryl methyl sites for hydroxylation is 2. The molecule has 2 atom stereocenters. The summed E-state index contributed by atoms with van der Waals surface area (Å²) in [7, 11) is 0. The Morgan fingerprint density at radius 2 is 1.49 bits per heavy atom. The Hall–Kier alpha value is -3.43. The van der Waals surface area contributed by atoms with Gasteiger partial charge in [0.15, 0.2) is 0 Å². The third-order valence-corrected chi connectivity index (χ3v) is 12.0. The third kappa shape index (κ3) is 5.51. The van der Waals surface area contributed by atoms with E-state index >= 15 is 0 Å². The van der Waals surface area contributed by atoms with Crippen LogP contribution in [0.25, 0.3) is 27.6 Å². The Morgan fingerprint density at radius 1 is 0.804 bits per heavy atom. The number of rotatable bonds is 3. The number of benzene rings is 3. The van der Waals surface area contributed by atoms with Gasteiger partial charge in [-0.25, -0.2) is 4.98 Å². The van der Waals surface area contributed by atoms with E-state index in [0.29, 0.717) is 17.4 Å². The number of pyridine rings is 1.